The molecule has 3 rings (SSSR count). The lowest BCUT2D eigenvalue weighted by Crippen LogP contribution is -2.38. The van der Waals surface area contributed by atoms with Crippen molar-refractivity contribution in [1.82, 2.24) is 9.97 Å². The summed E-state index contributed by atoms with van der Waals surface area (Å²) in [6.45, 7) is 3.43. The van der Waals surface area contributed by atoms with Crippen LogP contribution in [0.1, 0.15) is 12.1 Å². The van der Waals surface area contributed by atoms with Gasteiger partial charge in [-0.2, -0.15) is 0 Å². The summed E-state index contributed by atoms with van der Waals surface area (Å²) >= 11 is 0. The Morgan fingerprint density at radius 1 is 1.59 bits per heavy atom. The van der Waals surface area contributed by atoms with Crippen molar-refractivity contribution < 1.29 is 4.74 Å². The Morgan fingerprint density at radius 3 is 3.12 bits per heavy atom. The van der Waals surface area contributed by atoms with Crippen molar-refractivity contribution in [2.45, 2.75) is 25.5 Å². The van der Waals surface area contributed by atoms with Crippen LogP contribution in [-0.4, -0.2) is 35.3 Å². The highest BCUT2D eigenvalue weighted by molar-refractivity contribution is 5.42. The summed E-state index contributed by atoms with van der Waals surface area (Å²) in [5.74, 6) is 1.02. The maximum atomic E-state index is 8.44. The van der Waals surface area contributed by atoms with Gasteiger partial charge in [-0.25, -0.2) is 9.97 Å². The summed E-state index contributed by atoms with van der Waals surface area (Å²) < 4.78 is 5.53. The van der Waals surface area contributed by atoms with Crippen LogP contribution in [0.5, 0.6) is 0 Å². The Morgan fingerprint density at radius 2 is 2.47 bits per heavy atom. The van der Waals surface area contributed by atoms with Crippen molar-refractivity contribution in [3.05, 3.63) is 22.2 Å². The number of anilines is 1. The number of nitrogens with zero attached hydrogens (tertiary/aromatic N) is 6. The zero-order chi connectivity index (χ0) is 11.8. The summed E-state index contributed by atoms with van der Waals surface area (Å²) in [5, 5.41) is 3.53. The summed E-state index contributed by atoms with van der Waals surface area (Å²) in [5.41, 5.74) is 9.24. The smallest absolute Gasteiger partial charge is 0.226 e. The van der Waals surface area contributed by atoms with Crippen molar-refractivity contribution in [2.75, 3.05) is 18.1 Å². The first-order chi connectivity index (χ1) is 8.26. The van der Waals surface area contributed by atoms with Crippen LogP contribution < -0.4 is 4.90 Å². The molecule has 88 valence electrons. The fourth-order valence-corrected chi connectivity index (χ4v) is 2.41. The van der Waals surface area contributed by atoms with Gasteiger partial charge in [0.25, 0.3) is 0 Å². The topological polar surface area (TPSA) is 87.0 Å². The number of fused-ring (bicyclic) bond motifs is 2. The van der Waals surface area contributed by atoms with Crippen molar-refractivity contribution in [3.8, 4) is 0 Å². The molecular formula is C10H12N6O. The van der Waals surface area contributed by atoms with E-state index in [1.807, 2.05) is 6.92 Å². The molecule has 0 saturated carbocycles. The van der Waals surface area contributed by atoms with Crippen LogP contribution in [0.3, 0.4) is 0 Å². The van der Waals surface area contributed by atoms with E-state index in [1.54, 1.807) is 6.07 Å². The standard InChI is InChI=1S/C10H12N6O/c1-6-2-9(14-15-11)13-10(12-6)16-4-8-3-7(16)5-17-8/h2,7-8H,3-5H2,1H3/t7-,8-/m0/s1. The molecule has 7 nitrogen and oxygen atoms in total. The SMILES string of the molecule is Cc1cc(N=[N+]=[N-])nc(N2C[C@@H]3C[C@H]2CO3)n1. The Labute approximate surface area is 98.1 Å². The lowest BCUT2D eigenvalue weighted by atomic mass is 10.2. The van der Waals surface area contributed by atoms with Crippen molar-refractivity contribution in [1.29, 1.82) is 0 Å². The zero-order valence-electron chi connectivity index (χ0n) is 9.44. The molecular weight excluding hydrogens is 220 g/mol. The Bertz CT molecular complexity index is 498. The van der Waals surface area contributed by atoms with Crippen LogP contribution >= 0.6 is 0 Å². The highest BCUT2D eigenvalue weighted by Gasteiger charge is 2.40. The van der Waals surface area contributed by atoms with Gasteiger partial charge in [-0.05, 0) is 30.1 Å². The van der Waals surface area contributed by atoms with E-state index in [1.165, 1.54) is 0 Å². The van der Waals surface area contributed by atoms with Gasteiger partial charge in [0.15, 0.2) is 0 Å². The van der Waals surface area contributed by atoms with Crippen LogP contribution in [-0.2, 0) is 4.74 Å². The van der Waals surface area contributed by atoms with Gasteiger partial charge in [0.2, 0.25) is 5.95 Å². The van der Waals surface area contributed by atoms with Crippen LogP contribution in [0.15, 0.2) is 11.2 Å². The maximum absolute atomic E-state index is 8.44. The molecule has 2 atom stereocenters. The molecule has 17 heavy (non-hydrogen) atoms. The molecule has 2 aliphatic heterocycles. The highest BCUT2D eigenvalue weighted by Crippen LogP contribution is 2.31. The first-order valence-corrected chi connectivity index (χ1v) is 5.55. The molecule has 0 radical (unpaired) electrons. The molecule has 1 aromatic heterocycles. The second-order valence-electron chi connectivity index (χ2n) is 4.35. The number of azide groups is 1. The lowest BCUT2D eigenvalue weighted by Gasteiger charge is -2.27. The Kier molecular flexibility index (Phi) is 2.35. The van der Waals surface area contributed by atoms with Gasteiger partial charge in [0.05, 0.1) is 18.8 Å². The van der Waals surface area contributed by atoms with Gasteiger partial charge in [-0.3, -0.25) is 0 Å². The number of ether oxygens (including phenoxy) is 1. The van der Waals surface area contributed by atoms with Gasteiger partial charge in [-0.1, -0.05) is 0 Å². The van der Waals surface area contributed by atoms with Crippen LogP contribution in [0.2, 0.25) is 0 Å². The molecule has 7 heteroatoms. The molecule has 2 bridgehead atoms. The number of hydrogen-bond acceptors (Lipinski definition) is 5. The van der Waals surface area contributed by atoms with Gasteiger partial charge >= 0.3 is 0 Å². The van der Waals surface area contributed by atoms with Crippen molar-refractivity contribution in [2.24, 2.45) is 5.11 Å². The van der Waals surface area contributed by atoms with E-state index < -0.39 is 0 Å². The minimum absolute atomic E-state index is 0.298. The number of hydrogen-bond donors (Lipinski definition) is 0. The molecule has 0 unspecified atom stereocenters. The van der Waals surface area contributed by atoms with Gasteiger partial charge < -0.3 is 9.64 Å². The lowest BCUT2D eigenvalue weighted by molar-refractivity contribution is 0.0986. The molecule has 2 fully saturated rings. The van der Waals surface area contributed by atoms with Crippen LogP contribution in [0.25, 0.3) is 10.4 Å². The molecule has 0 spiro atoms. The second-order valence-corrected chi connectivity index (χ2v) is 4.35. The zero-order valence-corrected chi connectivity index (χ0v) is 9.44. The van der Waals surface area contributed by atoms with Crippen LogP contribution in [0, 0.1) is 6.92 Å². The monoisotopic (exact) mass is 232 g/mol. The van der Waals surface area contributed by atoms with E-state index in [0.717, 1.165) is 25.3 Å². The number of aromatic nitrogens is 2. The minimum Gasteiger partial charge on any atom is -0.374 e. The quantitative estimate of drug-likeness (QED) is 0.441. The maximum Gasteiger partial charge on any atom is 0.226 e. The molecule has 0 N–H and O–H groups in total. The molecule has 2 aliphatic rings. The minimum atomic E-state index is 0.298. The normalized spacial score (nSPS) is 26.1. The van der Waals surface area contributed by atoms with E-state index in [2.05, 4.69) is 24.9 Å². The number of rotatable bonds is 2. The third-order valence-corrected chi connectivity index (χ3v) is 3.13. The highest BCUT2D eigenvalue weighted by atomic mass is 16.5. The number of aryl methyl sites for hydroxylation is 1. The first-order valence-electron chi connectivity index (χ1n) is 5.55. The molecule has 0 amide bonds. The predicted octanol–water partition coefficient (Wildman–Crippen LogP) is 1.70. The third kappa shape index (κ3) is 1.79. The molecule has 2 saturated heterocycles. The average molecular weight is 232 g/mol. The fourth-order valence-electron chi connectivity index (χ4n) is 2.41. The Hall–Kier alpha value is -1.85. The molecule has 1 aromatic rings. The van der Waals surface area contributed by atoms with Gasteiger partial charge in [0, 0.05) is 17.2 Å². The van der Waals surface area contributed by atoms with E-state index in [0.29, 0.717) is 23.9 Å². The molecule has 0 aliphatic carbocycles. The molecule has 3 heterocycles. The summed E-state index contributed by atoms with van der Waals surface area (Å²) in [7, 11) is 0. The van der Waals surface area contributed by atoms with E-state index >= 15 is 0 Å². The summed E-state index contributed by atoms with van der Waals surface area (Å²) in [6.07, 6.45) is 1.33. The number of morpholine rings is 1. The third-order valence-electron chi connectivity index (χ3n) is 3.13. The Balaban J connectivity index is 1.94. The summed E-state index contributed by atoms with van der Waals surface area (Å²) in [6, 6.07) is 2.04. The second kappa shape index (κ2) is 3.87. The van der Waals surface area contributed by atoms with Gasteiger partial charge in [0.1, 0.15) is 5.82 Å². The predicted molar refractivity (Wildman–Crippen MR) is 61.1 cm³/mol. The van der Waals surface area contributed by atoms with Crippen LogP contribution in [0.4, 0.5) is 11.8 Å². The van der Waals surface area contributed by atoms with Crippen molar-refractivity contribution >= 4 is 11.8 Å². The van der Waals surface area contributed by atoms with E-state index in [4.69, 9.17) is 10.3 Å². The van der Waals surface area contributed by atoms with E-state index in [-0.39, 0.29) is 0 Å². The van der Waals surface area contributed by atoms with Crippen molar-refractivity contribution in [3.63, 3.8) is 0 Å². The first kappa shape index (κ1) is 10.3. The molecule has 0 aromatic carbocycles. The summed E-state index contributed by atoms with van der Waals surface area (Å²) in [4.78, 5) is 13.5. The largest absolute Gasteiger partial charge is 0.374 e. The fraction of sp³-hybridized carbons (Fsp3) is 0.600. The van der Waals surface area contributed by atoms with E-state index in [9.17, 15) is 0 Å². The average Bonchev–Trinajstić information content (AvgIpc) is 2.90. The van der Waals surface area contributed by atoms with Gasteiger partial charge in [-0.15, -0.1) is 0 Å².